The van der Waals surface area contributed by atoms with Gasteiger partial charge in [0.1, 0.15) is 0 Å². The summed E-state index contributed by atoms with van der Waals surface area (Å²) in [4.78, 5) is 23.8. The summed E-state index contributed by atoms with van der Waals surface area (Å²) in [6.07, 6.45) is 3.90. The van der Waals surface area contributed by atoms with Crippen molar-refractivity contribution in [3.05, 3.63) is 35.9 Å². The number of piperazine rings is 1. The number of benzene rings is 1. The molecule has 7 nitrogen and oxygen atoms in total. The minimum Gasteiger partial charge on any atom is -0.356 e. The lowest BCUT2D eigenvalue weighted by molar-refractivity contribution is -0.127. The lowest BCUT2D eigenvalue weighted by atomic mass is 10.1. The van der Waals surface area contributed by atoms with Crippen LogP contribution < -0.4 is 10.6 Å². The maximum Gasteiger partial charge on any atom is 0.223 e. The molecule has 1 aromatic rings. The van der Waals surface area contributed by atoms with Crippen molar-refractivity contribution in [1.82, 2.24) is 25.3 Å². The first-order chi connectivity index (χ1) is 15.7. The van der Waals surface area contributed by atoms with Gasteiger partial charge in [-0.3, -0.25) is 9.79 Å². The van der Waals surface area contributed by atoms with Gasteiger partial charge in [-0.1, -0.05) is 37.3 Å². The molecule has 2 aliphatic heterocycles. The van der Waals surface area contributed by atoms with Crippen molar-refractivity contribution in [3.63, 3.8) is 0 Å². The van der Waals surface area contributed by atoms with Crippen molar-refractivity contribution < 1.29 is 4.79 Å². The van der Waals surface area contributed by atoms with Crippen molar-refractivity contribution in [3.8, 4) is 0 Å². The molecule has 1 atom stereocenters. The zero-order chi connectivity index (χ0) is 22.6. The van der Waals surface area contributed by atoms with E-state index in [9.17, 15) is 4.79 Å². The summed E-state index contributed by atoms with van der Waals surface area (Å²) in [6, 6.07) is 10.4. The number of carbonyl (C=O) groups is 1. The maximum atomic E-state index is 12.4. The van der Waals surface area contributed by atoms with Crippen LogP contribution in [0.4, 0.5) is 0 Å². The SMILES string of the molecule is CCN1CCN(CCCCNC(=NC)NCC2CC(=O)N(CCc3ccccc3)C2)CC1. The molecule has 1 amide bonds. The Morgan fingerprint density at radius 2 is 1.78 bits per heavy atom. The summed E-state index contributed by atoms with van der Waals surface area (Å²) in [5.74, 6) is 1.46. The van der Waals surface area contributed by atoms with Gasteiger partial charge in [0.25, 0.3) is 0 Å². The van der Waals surface area contributed by atoms with E-state index in [0.717, 1.165) is 45.0 Å². The van der Waals surface area contributed by atoms with Crippen LogP contribution in [0.2, 0.25) is 0 Å². The molecule has 2 saturated heterocycles. The largest absolute Gasteiger partial charge is 0.356 e. The van der Waals surface area contributed by atoms with Gasteiger partial charge < -0.3 is 25.3 Å². The van der Waals surface area contributed by atoms with Gasteiger partial charge in [0, 0.05) is 71.7 Å². The smallest absolute Gasteiger partial charge is 0.223 e. The molecule has 3 rings (SSSR count). The average molecular weight is 443 g/mol. The van der Waals surface area contributed by atoms with E-state index in [1.165, 1.54) is 51.3 Å². The molecule has 7 heteroatoms. The van der Waals surface area contributed by atoms with Crippen LogP contribution in [0, 0.1) is 5.92 Å². The molecule has 2 fully saturated rings. The van der Waals surface area contributed by atoms with Crippen molar-refractivity contribution >= 4 is 11.9 Å². The Kier molecular flexibility index (Phi) is 10.3. The van der Waals surface area contributed by atoms with Crippen LogP contribution in [0.25, 0.3) is 0 Å². The molecule has 2 heterocycles. The summed E-state index contributed by atoms with van der Waals surface area (Å²) in [5, 5.41) is 6.85. The zero-order valence-electron chi connectivity index (χ0n) is 20.1. The molecule has 0 aliphatic carbocycles. The Balaban J connectivity index is 1.25. The summed E-state index contributed by atoms with van der Waals surface area (Å²) >= 11 is 0. The number of rotatable bonds is 11. The Morgan fingerprint density at radius 3 is 2.50 bits per heavy atom. The summed E-state index contributed by atoms with van der Waals surface area (Å²) in [6.45, 7) is 12.8. The molecule has 0 saturated carbocycles. The van der Waals surface area contributed by atoms with Gasteiger partial charge in [-0.2, -0.15) is 0 Å². The number of nitrogens with zero attached hydrogens (tertiary/aromatic N) is 4. The minimum atomic E-state index is 0.274. The number of carbonyl (C=O) groups excluding carboxylic acids is 1. The normalized spacial score (nSPS) is 20.7. The van der Waals surface area contributed by atoms with E-state index in [1.54, 1.807) is 0 Å². The van der Waals surface area contributed by atoms with E-state index >= 15 is 0 Å². The number of amides is 1. The lowest BCUT2D eigenvalue weighted by Crippen LogP contribution is -2.46. The van der Waals surface area contributed by atoms with Crippen LogP contribution in [-0.4, -0.2) is 99.1 Å². The molecule has 32 heavy (non-hydrogen) atoms. The molecule has 0 aromatic heterocycles. The number of hydrogen-bond acceptors (Lipinski definition) is 4. The van der Waals surface area contributed by atoms with Crippen molar-refractivity contribution in [2.24, 2.45) is 10.9 Å². The van der Waals surface area contributed by atoms with Crippen molar-refractivity contribution in [2.75, 3.05) is 72.5 Å². The second-order valence-electron chi connectivity index (χ2n) is 9.01. The van der Waals surface area contributed by atoms with E-state index in [0.29, 0.717) is 12.3 Å². The number of aliphatic imine (C=N–C) groups is 1. The lowest BCUT2D eigenvalue weighted by Gasteiger charge is -2.34. The number of nitrogens with one attached hydrogen (secondary N) is 2. The molecular formula is C25H42N6O. The molecule has 2 aliphatic rings. The highest BCUT2D eigenvalue weighted by molar-refractivity contribution is 5.80. The van der Waals surface area contributed by atoms with E-state index in [1.807, 2.05) is 18.0 Å². The van der Waals surface area contributed by atoms with Crippen molar-refractivity contribution in [2.45, 2.75) is 32.6 Å². The highest BCUT2D eigenvalue weighted by Gasteiger charge is 2.29. The van der Waals surface area contributed by atoms with E-state index in [2.05, 4.69) is 56.6 Å². The summed E-state index contributed by atoms with van der Waals surface area (Å²) < 4.78 is 0. The molecule has 2 N–H and O–H groups in total. The van der Waals surface area contributed by atoms with E-state index in [-0.39, 0.29) is 5.91 Å². The Bertz CT molecular complexity index is 702. The minimum absolute atomic E-state index is 0.274. The maximum absolute atomic E-state index is 12.4. The molecule has 0 spiro atoms. The second kappa shape index (κ2) is 13.4. The van der Waals surface area contributed by atoms with Crippen LogP contribution >= 0.6 is 0 Å². The molecule has 0 radical (unpaired) electrons. The molecule has 178 valence electrons. The van der Waals surface area contributed by atoms with E-state index in [4.69, 9.17) is 0 Å². The van der Waals surface area contributed by atoms with Gasteiger partial charge in [-0.05, 0) is 37.9 Å². The van der Waals surface area contributed by atoms with Crippen LogP contribution in [0.5, 0.6) is 0 Å². The fraction of sp³-hybridized carbons (Fsp3) is 0.680. The number of likely N-dealkylation sites (N-methyl/N-ethyl adjacent to an activating group) is 1. The van der Waals surface area contributed by atoms with Crippen molar-refractivity contribution in [1.29, 1.82) is 0 Å². The Labute approximate surface area is 194 Å². The third-order valence-corrected chi connectivity index (χ3v) is 6.70. The van der Waals surface area contributed by atoms with Gasteiger partial charge in [0.05, 0.1) is 0 Å². The third-order valence-electron chi connectivity index (χ3n) is 6.70. The first-order valence-electron chi connectivity index (χ1n) is 12.4. The fourth-order valence-electron chi connectivity index (χ4n) is 4.57. The van der Waals surface area contributed by atoms with E-state index < -0.39 is 0 Å². The molecule has 1 aromatic carbocycles. The highest BCUT2D eigenvalue weighted by atomic mass is 16.2. The second-order valence-corrected chi connectivity index (χ2v) is 9.01. The van der Waals surface area contributed by atoms with Gasteiger partial charge in [-0.15, -0.1) is 0 Å². The molecular weight excluding hydrogens is 400 g/mol. The van der Waals surface area contributed by atoms with Gasteiger partial charge in [0.15, 0.2) is 5.96 Å². The predicted molar refractivity (Wildman–Crippen MR) is 132 cm³/mol. The first-order valence-corrected chi connectivity index (χ1v) is 12.4. The summed E-state index contributed by atoms with van der Waals surface area (Å²) in [5.41, 5.74) is 1.29. The predicted octanol–water partition coefficient (Wildman–Crippen LogP) is 1.66. The number of guanidine groups is 1. The summed E-state index contributed by atoms with van der Waals surface area (Å²) in [7, 11) is 1.81. The number of unbranched alkanes of at least 4 members (excludes halogenated alkanes) is 1. The van der Waals surface area contributed by atoms with Gasteiger partial charge in [-0.25, -0.2) is 0 Å². The topological polar surface area (TPSA) is 63.2 Å². The molecule has 1 unspecified atom stereocenters. The van der Waals surface area contributed by atoms with Gasteiger partial charge >= 0.3 is 0 Å². The average Bonchev–Trinajstić information content (AvgIpc) is 3.19. The van der Waals surface area contributed by atoms with Crippen LogP contribution in [0.1, 0.15) is 31.7 Å². The number of hydrogen-bond donors (Lipinski definition) is 2. The first kappa shape index (κ1) is 24.5. The van der Waals surface area contributed by atoms with Gasteiger partial charge in [0.2, 0.25) is 5.91 Å². The quantitative estimate of drug-likeness (QED) is 0.310. The van der Waals surface area contributed by atoms with Crippen LogP contribution in [-0.2, 0) is 11.2 Å². The monoisotopic (exact) mass is 442 g/mol. The Morgan fingerprint density at radius 1 is 1.03 bits per heavy atom. The third kappa shape index (κ3) is 8.10. The van der Waals surface area contributed by atoms with Crippen LogP contribution in [0.15, 0.2) is 35.3 Å². The van der Waals surface area contributed by atoms with Crippen LogP contribution in [0.3, 0.4) is 0 Å². The Hall–Kier alpha value is -2.12. The highest BCUT2D eigenvalue weighted by Crippen LogP contribution is 2.17. The standard InChI is InChI=1S/C25H42N6O/c1-3-29-15-17-30(18-16-29)13-8-7-12-27-25(26-2)28-20-23-19-24(32)31(21-23)14-11-22-9-5-4-6-10-22/h4-6,9-10,23H,3,7-8,11-21H2,1-2H3,(H2,26,27,28). The fourth-order valence-corrected chi connectivity index (χ4v) is 4.57. The zero-order valence-corrected chi connectivity index (χ0v) is 20.1. The molecule has 0 bridgehead atoms. The number of likely N-dealkylation sites (tertiary alicyclic amines) is 1.